The molecule has 1 heterocycles. The summed E-state index contributed by atoms with van der Waals surface area (Å²) >= 11 is 0. The Bertz CT molecular complexity index is 466. The molecular weight excluding hydrogens is 222 g/mol. The van der Waals surface area contributed by atoms with Crippen molar-refractivity contribution in [3.8, 4) is 5.75 Å². The molecule has 1 aliphatic heterocycles. The average Bonchev–Trinajstić information content (AvgIpc) is 2.84. The molecule has 1 fully saturated rings. The van der Waals surface area contributed by atoms with E-state index in [0.29, 0.717) is 5.41 Å². The van der Waals surface area contributed by atoms with E-state index in [-0.39, 0.29) is 5.60 Å². The van der Waals surface area contributed by atoms with Crippen LogP contribution < -0.4 is 10.1 Å². The molecule has 18 heavy (non-hydrogen) atoms. The fourth-order valence-electron chi connectivity index (χ4n) is 3.54. The quantitative estimate of drug-likeness (QED) is 0.850. The molecule has 1 aromatic carbocycles. The van der Waals surface area contributed by atoms with Gasteiger partial charge in [0.1, 0.15) is 11.4 Å². The Morgan fingerprint density at radius 2 is 2.00 bits per heavy atom. The Balaban J connectivity index is 1.84. The molecule has 1 atom stereocenters. The predicted molar refractivity (Wildman–Crippen MR) is 75.3 cm³/mol. The van der Waals surface area contributed by atoms with Crippen LogP contribution in [0, 0.1) is 5.41 Å². The third kappa shape index (κ3) is 2.09. The van der Waals surface area contributed by atoms with Crippen molar-refractivity contribution in [1.82, 2.24) is 0 Å². The van der Waals surface area contributed by atoms with Gasteiger partial charge in [0.2, 0.25) is 0 Å². The molecule has 1 aliphatic carbocycles. The lowest BCUT2D eigenvalue weighted by molar-refractivity contribution is 0.0856. The highest BCUT2D eigenvalue weighted by molar-refractivity contribution is 5.65. The first-order chi connectivity index (χ1) is 8.48. The molecule has 0 amide bonds. The normalized spacial score (nSPS) is 28.8. The number of hydrogen-bond acceptors (Lipinski definition) is 2. The third-order valence-electron chi connectivity index (χ3n) is 4.35. The minimum absolute atomic E-state index is 0.00287. The van der Waals surface area contributed by atoms with Crippen LogP contribution in [-0.4, -0.2) is 12.1 Å². The van der Waals surface area contributed by atoms with Gasteiger partial charge in [-0.15, -0.1) is 0 Å². The van der Waals surface area contributed by atoms with E-state index in [1.54, 1.807) is 0 Å². The topological polar surface area (TPSA) is 21.3 Å². The summed E-state index contributed by atoms with van der Waals surface area (Å²) in [5.41, 5.74) is 3.04. The van der Waals surface area contributed by atoms with Crippen molar-refractivity contribution in [1.29, 1.82) is 0 Å². The molecule has 2 nitrogen and oxygen atoms in total. The highest BCUT2D eigenvalue weighted by Gasteiger charge is 2.42. The molecule has 0 saturated heterocycles. The first kappa shape index (κ1) is 11.9. The molecule has 3 rings (SSSR count). The van der Waals surface area contributed by atoms with Gasteiger partial charge in [-0.25, -0.2) is 0 Å². The highest BCUT2D eigenvalue weighted by Crippen LogP contribution is 2.47. The van der Waals surface area contributed by atoms with Crippen LogP contribution in [0.15, 0.2) is 18.2 Å². The number of benzene rings is 1. The van der Waals surface area contributed by atoms with E-state index < -0.39 is 0 Å². The van der Waals surface area contributed by atoms with Gasteiger partial charge < -0.3 is 10.1 Å². The zero-order valence-electron chi connectivity index (χ0n) is 11.7. The van der Waals surface area contributed by atoms with E-state index in [2.05, 4.69) is 44.3 Å². The second-order valence-corrected chi connectivity index (χ2v) is 6.86. The largest absolute Gasteiger partial charge is 0.485 e. The molecule has 1 N–H and O–H groups in total. The zero-order valence-corrected chi connectivity index (χ0v) is 11.7. The van der Waals surface area contributed by atoms with Crippen LogP contribution in [0.25, 0.3) is 0 Å². The lowest BCUT2D eigenvalue weighted by Crippen LogP contribution is -2.30. The highest BCUT2D eigenvalue weighted by atomic mass is 16.5. The number of nitrogens with one attached hydrogen (secondary N) is 1. The van der Waals surface area contributed by atoms with Gasteiger partial charge in [0, 0.05) is 6.54 Å². The van der Waals surface area contributed by atoms with Crippen LogP contribution in [0.3, 0.4) is 0 Å². The predicted octanol–water partition coefficient (Wildman–Crippen LogP) is 4.00. The van der Waals surface area contributed by atoms with E-state index in [1.165, 1.54) is 17.7 Å². The fraction of sp³-hybridized carbons (Fsp3) is 0.625. The van der Waals surface area contributed by atoms with E-state index in [1.807, 2.05) is 0 Å². The maximum atomic E-state index is 6.38. The summed E-state index contributed by atoms with van der Waals surface area (Å²) in [6.45, 7) is 7.98. The minimum atomic E-state index is 0.00287. The summed E-state index contributed by atoms with van der Waals surface area (Å²) in [6, 6.07) is 6.42. The van der Waals surface area contributed by atoms with Crippen molar-refractivity contribution < 1.29 is 4.74 Å². The fourth-order valence-corrected chi connectivity index (χ4v) is 3.54. The first-order valence-corrected chi connectivity index (χ1v) is 7.02. The van der Waals surface area contributed by atoms with Gasteiger partial charge in [0.15, 0.2) is 0 Å². The van der Waals surface area contributed by atoms with Gasteiger partial charge in [-0.05, 0) is 49.7 Å². The molecule has 0 bridgehead atoms. The summed E-state index contributed by atoms with van der Waals surface area (Å²) in [5.74, 6) is 1.05. The van der Waals surface area contributed by atoms with Crippen LogP contribution >= 0.6 is 0 Å². The number of anilines is 1. The molecule has 1 unspecified atom stereocenters. The number of hydrogen-bond donors (Lipinski definition) is 1. The van der Waals surface area contributed by atoms with Crippen LogP contribution in [0.2, 0.25) is 0 Å². The van der Waals surface area contributed by atoms with Gasteiger partial charge in [0.25, 0.3) is 0 Å². The molecule has 0 radical (unpaired) electrons. The van der Waals surface area contributed by atoms with Crippen molar-refractivity contribution in [2.24, 2.45) is 5.41 Å². The lowest BCUT2D eigenvalue weighted by atomic mass is 9.90. The summed E-state index contributed by atoms with van der Waals surface area (Å²) in [7, 11) is 0. The van der Waals surface area contributed by atoms with Gasteiger partial charge >= 0.3 is 0 Å². The van der Waals surface area contributed by atoms with Crippen molar-refractivity contribution in [3.05, 3.63) is 23.8 Å². The van der Waals surface area contributed by atoms with Crippen LogP contribution in [0.1, 0.15) is 45.6 Å². The standard InChI is InChI=1S/C16H23NO/c1-15(2)8-9-16(3,11-15)18-13-6-4-5-12-7-10-17-14(12)13/h4-6,17H,7-11H2,1-3H3. The van der Waals surface area contributed by atoms with Gasteiger partial charge in [-0.2, -0.15) is 0 Å². The van der Waals surface area contributed by atoms with Gasteiger partial charge in [0.05, 0.1) is 5.69 Å². The second-order valence-electron chi connectivity index (χ2n) is 6.86. The minimum Gasteiger partial charge on any atom is -0.485 e. The van der Waals surface area contributed by atoms with E-state index in [4.69, 9.17) is 4.74 Å². The Hall–Kier alpha value is -1.18. The SMILES string of the molecule is CC1(C)CCC(C)(Oc2cccc3c2NCC3)C1. The summed E-state index contributed by atoms with van der Waals surface area (Å²) in [4.78, 5) is 0. The second kappa shape index (κ2) is 3.91. The van der Waals surface area contributed by atoms with E-state index in [9.17, 15) is 0 Å². The number of ether oxygens (including phenoxy) is 1. The number of para-hydroxylation sites is 1. The third-order valence-corrected chi connectivity index (χ3v) is 4.35. The number of rotatable bonds is 2. The first-order valence-electron chi connectivity index (χ1n) is 7.02. The Morgan fingerprint density at radius 3 is 2.72 bits per heavy atom. The summed E-state index contributed by atoms with van der Waals surface area (Å²) in [5, 5.41) is 3.46. The Labute approximate surface area is 110 Å². The number of fused-ring (bicyclic) bond motifs is 1. The Kier molecular flexibility index (Phi) is 2.58. The van der Waals surface area contributed by atoms with E-state index >= 15 is 0 Å². The summed E-state index contributed by atoms with van der Waals surface area (Å²) in [6.07, 6.45) is 4.67. The molecule has 0 spiro atoms. The van der Waals surface area contributed by atoms with Crippen molar-refractivity contribution >= 4 is 5.69 Å². The van der Waals surface area contributed by atoms with Crippen LogP contribution in [-0.2, 0) is 6.42 Å². The van der Waals surface area contributed by atoms with Crippen molar-refractivity contribution in [2.45, 2.75) is 52.1 Å². The summed E-state index contributed by atoms with van der Waals surface area (Å²) < 4.78 is 6.38. The molecule has 98 valence electrons. The smallest absolute Gasteiger partial charge is 0.143 e. The maximum Gasteiger partial charge on any atom is 0.143 e. The molecule has 2 heteroatoms. The monoisotopic (exact) mass is 245 g/mol. The Morgan fingerprint density at radius 1 is 1.17 bits per heavy atom. The molecule has 2 aliphatic rings. The van der Waals surface area contributed by atoms with Crippen molar-refractivity contribution in [3.63, 3.8) is 0 Å². The zero-order chi connectivity index (χ0) is 12.8. The van der Waals surface area contributed by atoms with E-state index in [0.717, 1.165) is 31.6 Å². The van der Waals surface area contributed by atoms with Crippen molar-refractivity contribution in [2.75, 3.05) is 11.9 Å². The molecule has 0 aromatic heterocycles. The molecule has 1 aromatic rings. The van der Waals surface area contributed by atoms with Crippen LogP contribution in [0.4, 0.5) is 5.69 Å². The maximum absolute atomic E-state index is 6.38. The lowest BCUT2D eigenvalue weighted by Gasteiger charge is -2.29. The van der Waals surface area contributed by atoms with Gasteiger partial charge in [-0.3, -0.25) is 0 Å². The average molecular weight is 245 g/mol. The molecular formula is C16H23NO. The molecule has 1 saturated carbocycles. The van der Waals surface area contributed by atoms with Crippen LogP contribution in [0.5, 0.6) is 5.75 Å². The van der Waals surface area contributed by atoms with Gasteiger partial charge in [-0.1, -0.05) is 26.0 Å².